The predicted octanol–water partition coefficient (Wildman–Crippen LogP) is 1.26. The number of rotatable bonds is 4. The molecule has 1 N–H and O–H groups in total. The van der Waals surface area contributed by atoms with E-state index >= 15 is 0 Å². The van der Waals surface area contributed by atoms with Crippen molar-refractivity contribution in [1.29, 1.82) is 0 Å². The van der Waals surface area contributed by atoms with Crippen LogP contribution in [0.4, 0.5) is 4.39 Å². The van der Waals surface area contributed by atoms with Crippen molar-refractivity contribution < 1.29 is 13.9 Å². The Labute approximate surface area is 126 Å². The number of nitrogens with one attached hydrogen (secondary N) is 1. The Bertz CT molecular complexity index is 715. The van der Waals surface area contributed by atoms with Crippen LogP contribution in [0, 0.1) is 5.95 Å². The number of carbonyl (C=O) groups excluding carboxylic acids is 1. The summed E-state index contributed by atoms with van der Waals surface area (Å²) >= 11 is 0. The van der Waals surface area contributed by atoms with E-state index in [2.05, 4.69) is 20.5 Å². The summed E-state index contributed by atoms with van der Waals surface area (Å²) in [4.78, 5) is 15.8. The van der Waals surface area contributed by atoms with Gasteiger partial charge in [-0.25, -0.2) is 4.98 Å². The number of carbonyl (C=O) groups is 1. The van der Waals surface area contributed by atoms with Crippen molar-refractivity contribution in [3.8, 4) is 5.75 Å². The van der Waals surface area contributed by atoms with E-state index in [1.807, 2.05) is 11.5 Å². The van der Waals surface area contributed by atoms with E-state index in [1.165, 1.54) is 19.4 Å². The molecule has 0 aromatic carbocycles. The van der Waals surface area contributed by atoms with E-state index in [-0.39, 0.29) is 17.4 Å². The van der Waals surface area contributed by atoms with E-state index in [4.69, 9.17) is 4.74 Å². The summed E-state index contributed by atoms with van der Waals surface area (Å²) in [6.07, 6.45) is 3.16. The Kier molecular flexibility index (Phi) is 3.74. The largest absolute Gasteiger partial charge is 0.491 e. The lowest BCUT2D eigenvalue weighted by Crippen LogP contribution is -2.29. The second kappa shape index (κ2) is 5.70. The minimum atomic E-state index is -0.814. The molecule has 0 radical (unpaired) electrons. The first-order chi connectivity index (χ1) is 10.6. The van der Waals surface area contributed by atoms with Crippen LogP contribution < -0.4 is 10.1 Å². The van der Waals surface area contributed by atoms with Gasteiger partial charge in [0.25, 0.3) is 11.9 Å². The summed E-state index contributed by atoms with van der Waals surface area (Å²) in [6.45, 7) is 2.67. The molecule has 3 heterocycles. The van der Waals surface area contributed by atoms with Gasteiger partial charge in [0.2, 0.25) is 0 Å². The van der Waals surface area contributed by atoms with Crippen LogP contribution in [0.5, 0.6) is 5.75 Å². The number of pyridine rings is 1. The van der Waals surface area contributed by atoms with Crippen molar-refractivity contribution in [2.24, 2.45) is 0 Å². The second-order valence-electron chi connectivity index (χ2n) is 5.11. The lowest BCUT2D eigenvalue weighted by molar-refractivity contribution is 0.0933. The summed E-state index contributed by atoms with van der Waals surface area (Å²) in [6, 6.07) is 1.07. The fraction of sp³-hybridized carbons (Fsp3) is 0.429. The van der Waals surface area contributed by atoms with Gasteiger partial charge in [-0.15, -0.1) is 10.2 Å². The van der Waals surface area contributed by atoms with Gasteiger partial charge >= 0.3 is 0 Å². The Morgan fingerprint density at radius 2 is 2.32 bits per heavy atom. The first-order valence-electron chi connectivity index (χ1n) is 7.03. The van der Waals surface area contributed by atoms with Crippen LogP contribution in [-0.2, 0) is 13.0 Å². The molecular weight excluding hydrogens is 289 g/mol. The molecule has 0 spiro atoms. The normalized spacial score (nSPS) is 14.5. The summed E-state index contributed by atoms with van der Waals surface area (Å²) in [5.41, 5.74) is 0.100. The van der Waals surface area contributed by atoms with Crippen LogP contribution >= 0.6 is 0 Å². The fourth-order valence-electron chi connectivity index (χ4n) is 2.63. The highest BCUT2D eigenvalue weighted by atomic mass is 19.1. The number of aromatic nitrogens is 4. The molecule has 0 bridgehead atoms. The summed E-state index contributed by atoms with van der Waals surface area (Å²) in [5, 5.41) is 11.0. The molecule has 0 saturated carbocycles. The number of halogens is 1. The van der Waals surface area contributed by atoms with Crippen LogP contribution in [0.3, 0.4) is 0 Å². The number of ether oxygens (including phenoxy) is 1. The molecule has 3 rings (SSSR count). The monoisotopic (exact) mass is 305 g/mol. The van der Waals surface area contributed by atoms with Gasteiger partial charge in [0, 0.05) is 19.2 Å². The Balaban J connectivity index is 1.81. The molecule has 2 aromatic rings. The standard InChI is InChI=1S/C14H16FN5O2/c1-8(13-19-18-10-4-3-7-20(10)13)17-14(21)9-5-6-16-12(15)11(9)22-2/h5-6,8H,3-4,7H2,1-2H3,(H,17,21). The van der Waals surface area contributed by atoms with Crippen molar-refractivity contribution in [3.63, 3.8) is 0 Å². The molecule has 0 fully saturated rings. The number of methoxy groups -OCH3 is 1. The zero-order chi connectivity index (χ0) is 15.7. The van der Waals surface area contributed by atoms with E-state index in [9.17, 15) is 9.18 Å². The molecule has 1 aliphatic heterocycles. The Hall–Kier alpha value is -2.51. The summed E-state index contributed by atoms with van der Waals surface area (Å²) in [5.74, 6) is 0.212. The van der Waals surface area contributed by atoms with E-state index in [0.29, 0.717) is 5.82 Å². The third-order valence-corrected chi connectivity index (χ3v) is 3.68. The van der Waals surface area contributed by atoms with Crippen LogP contribution in [0.2, 0.25) is 0 Å². The molecule has 116 valence electrons. The average molecular weight is 305 g/mol. The third kappa shape index (κ3) is 2.40. The smallest absolute Gasteiger partial charge is 0.256 e. The molecule has 22 heavy (non-hydrogen) atoms. The van der Waals surface area contributed by atoms with Crippen molar-refractivity contribution in [3.05, 3.63) is 35.4 Å². The quantitative estimate of drug-likeness (QED) is 0.860. The van der Waals surface area contributed by atoms with Crippen molar-refractivity contribution >= 4 is 5.91 Å². The van der Waals surface area contributed by atoms with Gasteiger partial charge in [-0.2, -0.15) is 4.39 Å². The molecule has 8 heteroatoms. The highest BCUT2D eigenvalue weighted by molar-refractivity contribution is 5.97. The Morgan fingerprint density at radius 1 is 1.50 bits per heavy atom. The summed E-state index contributed by atoms with van der Waals surface area (Å²) < 4.78 is 20.5. The van der Waals surface area contributed by atoms with Crippen molar-refractivity contribution in [2.45, 2.75) is 32.4 Å². The molecule has 1 atom stereocenters. The number of hydrogen-bond donors (Lipinski definition) is 1. The molecule has 7 nitrogen and oxygen atoms in total. The maximum atomic E-state index is 13.6. The van der Waals surface area contributed by atoms with E-state index in [0.717, 1.165) is 25.2 Å². The average Bonchev–Trinajstić information content (AvgIpc) is 3.09. The second-order valence-corrected chi connectivity index (χ2v) is 5.11. The molecule has 1 unspecified atom stereocenters. The molecule has 1 aliphatic rings. The minimum absolute atomic E-state index is 0.100. The number of aryl methyl sites for hydroxylation is 1. The lowest BCUT2D eigenvalue weighted by Gasteiger charge is -2.15. The van der Waals surface area contributed by atoms with E-state index in [1.54, 1.807) is 0 Å². The van der Waals surface area contributed by atoms with Crippen LogP contribution in [0.15, 0.2) is 12.3 Å². The molecule has 1 amide bonds. The molecule has 0 aliphatic carbocycles. The van der Waals surface area contributed by atoms with Gasteiger partial charge in [0.15, 0.2) is 11.6 Å². The topological polar surface area (TPSA) is 81.9 Å². The number of nitrogens with zero attached hydrogens (tertiary/aromatic N) is 4. The van der Waals surface area contributed by atoms with Crippen LogP contribution in [-0.4, -0.2) is 32.8 Å². The molecule has 2 aromatic heterocycles. The van der Waals surface area contributed by atoms with Crippen LogP contribution in [0.25, 0.3) is 0 Å². The zero-order valence-electron chi connectivity index (χ0n) is 12.3. The fourth-order valence-corrected chi connectivity index (χ4v) is 2.63. The third-order valence-electron chi connectivity index (χ3n) is 3.68. The zero-order valence-corrected chi connectivity index (χ0v) is 12.3. The minimum Gasteiger partial charge on any atom is -0.491 e. The van der Waals surface area contributed by atoms with Gasteiger partial charge in [-0.05, 0) is 19.4 Å². The lowest BCUT2D eigenvalue weighted by atomic mass is 10.2. The highest BCUT2D eigenvalue weighted by Crippen LogP contribution is 2.22. The van der Waals surface area contributed by atoms with Gasteiger partial charge in [-0.1, -0.05) is 0 Å². The van der Waals surface area contributed by atoms with Crippen molar-refractivity contribution in [2.75, 3.05) is 7.11 Å². The number of fused-ring (bicyclic) bond motifs is 1. The number of amides is 1. The molecular formula is C14H16FN5O2. The maximum Gasteiger partial charge on any atom is 0.256 e. The van der Waals surface area contributed by atoms with Gasteiger partial charge in [0.05, 0.1) is 18.7 Å². The first kappa shape index (κ1) is 14.4. The van der Waals surface area contributed by atoms with E-state index < -0.39 is 11.9 Å². The first-order valence-corrected chi connectivity index (χ1v) is 7.03. The van der Waals surface area contributed by atoms with Crippen LogP contribution in [0.1, 0.15) is 41.4 Å². The van der Waals surface area contributed by atoms with Gasteiger partial charge < -0.3 is 14.6 Å². The summed E-state index contributed by atoms with van der Waals surface area (Å²) in [7, 11) is 1.30. The Morgan fingerprint density at radius 3 is 3.09 bits per heavy atom. The number of hydrogen-bond acceptors (Lipinski definition) is 5. The van der Waals surface area contributed by atoms with Gasteiger partial charge in [-0.3, -0.25) is 4.79 Å². The maximum absolute atomic E-state index is 13.6. The van der Waals surface area contributed by atoms with Gasteiger partial charge in [0.1, 0.15) is 5.82 Å². The molecule has 0 saturated heterocycles. The highest BCUT2D eigenvalue weighted by Gasteiger charge is 2.24. The SMILES string of the molecule is COc1c(C(=O)NC(C)c2nnc3n2CCC3)ccnc1F. The van der Waals surface area contributed by atoms with Crippen molar-refractivity contribution in [1.82, 2.24) is 25.1 Å². The predicted molar refractivity (Wildman–Crippen MR) is 75.0 cm³/mol.